The van der Waals surface area contributed by atoms with Crippen LogP contribution < -0.4 is 9.80 Å². The molecule has 3 aliphatic carbocycles. The number of allylic oxidation sites excluding steroid dienone is 7. The zero-order valence-corrected chi connectivity index (χ0v) is 52.8. The van der Waals surface area contributed by atoms with Crippen LogP contribution in [-0.2, 0) is 12.8 Å². The zero-order valence-electron chi connectivity index (χ0n) is 52.8. The molecule has 12 aromatic carbocycles. The number of rotatable bonds is 10. The lowest BCUT2D eigenvalue weighted by molar-refractivity contribution is 0.506. The Labute approximate surface area is 553 Å². The second kappa shape index (κ2) is 20.8. The summed E-state index contributed by atoms with van der Waals surface area (Å²) in [5.41, 5.74) is 27.7. The van der Waals surface area contributed by atoms with Gasteiger partial charge in [0.1, 0.15) is 11.3 Å². The van der Waals surface area contributed by atoms with E-state index in [2.05, 4.69) is 298 Å². The highest BCUT2D eigenvalue weighted by Gasteiger charge is 2.33. The largest absolute Gasteiger partial charge is 0.459 e. The van der Waals surface area contributed by atoms with Gasteiger partial charge in [0, 0.05) is 105 Å². The Kier molecular flexibility index (Phi) is 11.6. The van der Waals surface area contributed by atoms with Gasteiger partial charge in [-0.3, -0.25) is 0 Å². The van der Waals surface area contributed by atoms with Crippen molar-refractivity contribution in [2.45, 2.75) is 51.4 Å². The predicted octanol–water partition coefficient (Wildman–Crippen LogP) is 24.9. The summed E-state index contributed by atoms with van der Waals surface area (Å²) in [5, 5.41) is 13.4. The molecule has 0 N–H and O–H groups in total. The quantitative estimate of drug-likeness (QED) is 0.137. The Morgan fingerprint density at radius 1 is 0.354 bits per heavy atom. The topological polar surface area (TPSA) is 41.6 Å². The van der Waals surface area contributed by atoms with Crippen LogP contribution >= 0.6 is 0 Å². The Morgan fingerprint density at radius 2 is 0.917 bits per heavy atom. The van der Waals surface area contributed by atoms with E-state index in [0.717, 1.165) is 112 Å². The van der Waals surface area contributed by atoms with E-state index in [1.54, 1.807) is 0 Å². The minimum Gasteiger partial charge on any atom is -0.459 e. The molecule has 0 amide bonds. The van der Waals surface area contributed by atoms with E-state index in [1.807, 2.05) is 0 Å². The van der Waals surface area contributed by atoms with Gasteiger partial charge in [-0.1, -0.05) is 206 Å². The van der Waals surface area contributed by atoms with Gasteiger partial charge in [0.15, 0.2) is 11.2 Å². The molecule has 96 heavy (non-hydrogen) atoms. The lowest BCUT2D eigenvalue weighted by atomic mass is 9.88. The average Bonchev–Trinajstić information content (AvgIpc) is 1.53. The van der Waals surface area contributed by atoms with Gasteiger partial charge in [-0.25, -0.2) is 0 Å². The van der Waals surface area contributed by atoms with Crippen molar-refractivity contribution >= 4 is 149 Å². The molecule has 6 aromatic heterocycles. The Balaban J connectivity index is 0.830. The molecule has 0 aliphatic heterocycles. The van der Waals surface area contributed by atoms with Crippen LogP contribution in [0.5, 0.6) is 0 Å². The number of hydrogen-bond donors (Lipinski definition) is 0. The van der Waals surface area contributed by atoms with E-state index < -0.39 is 0 Å². The van der Waals surface area contributed by atoms with Crippen molar-refractivity contribution in [2.75, 3.05) is 9.80 Å². The third kappa shape index (κ3) is 7.75. The SMILES string of the molecule is C1=CC(c2c3c4cccc5c6cc(N(C7=CCCC(c8ccccc8)=C7)c7cccc8c7oc7ccccc78)ccc6n(c3c(-c3ccccc3)c3c6cccc7c8cc(N(c9cccc(-c%10ccccc%10)c9)c9cccc%10c%11c(oc9%10)CCCC%11)ccc8n(c23)c76)c54)=CCC1. The van der Waals surface area contributed by atoms with Gasteiger partial charge in [0.25, 0.3) is 0 Å². The van der Waals surface area contributed by atoms with Crippen LogP contribution in [0.1, 0.15) is 61.0 Å². The normalized spacial score (nSPS) is 14.5. The number of fused-ring (bicyclic) bond motifs is 18. The summed E-state index contributed by atoms with van der Waals surface area (Å²) in [6.07, 6.45) is 20.4. The maximum Gasteiger partial charge on any atom is 0.159 e. The van der Waals surface area contributed by atoms with E-state index >= 15 is 0 Å². The number of aromatic nitrogens is 2. The smallest absolute Gasteiger partial charge is 0.159 e. The van der Waals surface area contributed by atoms with Gasteiger partial charge in [-0.05, 0) is 151 Å². The number of benzene rings is 12. The van der Waals surface area contributed by atoms with Crippen molar-refractivity contribution in [1.82, 2.24) is 8.80 Å². The Morgan fingerprint density at radius 3 is 1.65 bits per heavy atom. The minimum atomic E-state index is 0.876. The molecule has 6 heteroatoms. The van der Waals surface area contributed by atoms with Crippen LogP contribution in [0.2, 0.25) is 0 Å². The van der Waals surface area contributed by atoms with Crippen molar-refractivity contribution in [3.63, 3.8) is 0 Å². The highest BCUT2D eigenvalue weighted by atomic mass is 16.3. The van der Waals surface area contributed by atoms with E-state index in [1.165, 1.54) is 138 Å². The summed E-state index contributed by atoms with van der Waals surface area (Å²) in [7, 11) is 0. The molecule has 0 fully saturated rings. The second-order valence-corrected chi connectivity index (χ2v) is 26.6. The van der Waals surface area contributed by atoms with Crippen molar-refractivity contribution in [1.29, 1.82) is 0 Å². The second-order valence-electron chi connectivity index (χ2n) is 26.6. The Bertz CT molecular complexity index is 6390. The molecule has 0 spiro atoms. The Hall–Kier alpha value is -11.9. The van der Waals surface area contributed by atoms with E-state index in [-0.39, 0.29) is 0 Å². The summed E-state index contributed by atoms with van der Waals surface area (Å²) in [5.74, 6) is 1.14. The van der Waals surface area contributed by atoms with Gasteiger partial charge >= 0.3 is 0 Å². The van der Waals surface area contributed by atoms with Crippen molar-refractivity contribution in [2.24, 2.45) is 0 Å². The first-order valence-corrected chi connectivity index (χ1v) is 34.1. The molecule has 6 heterocycles. The monoisotopic (exact) mass is 1230 g/mol. The number of nitrogens with zero attached hydrogens (tertiary/aromatic N) is 4. The van der Waals surface area contributed by atoms with Crippen LogP contribution in [-0.4, -0.2) is 8.80 Å². The van der Waals surface area contributed by atoms with Crippen LogP contribution in [0.4, 0.5) is 28.4 Å². The molecular weight excluding hydrogens is 1170 g/mol. The molecular formula is C90H62N4O2. The van der Waals surface area contributed by atoms with Gasteiger partial charge in [0.05, 0.1) is 44.5 Å². The number of anilines is 5. The fraction of sp³-hybridized carbons (Fsp3) is 0.0889. The van der Waals surface area contributed by atoms with Crippen LogP contribution in [0.3, 0.4) is 0 Å². The lowest BCUT2D eigenvalue weighted by Crippen LogP contribution is -2.17. The molecule has 21 rings (SSSR count). The standard InChI is InChI=1S/C90H62N4O2/c1-5-23-55(24-6-1)59-31-17-33-61(51-59)91(77-43-21-39-69-65-35-13-15-45-79(65)95-89(69)77)63-47-49-75-73(53-63)67-37-19-41-71-83-82(58-29-11-4-12-30-58)88-84(81(57-27-9-3-10-28-57)87(83)93(75)85(67)71)72-42-20-38-68-74-54-64(48-50-76(74)94(88)86(68)72)92(62-34-18-32-60(52-62)56-25-7-2-8-26-56)78-44-22-40-70-66-36-14-16-46-80(66)96-90(70)78/h1-3,5-11,13,15,18-30,32-35,37-45,47-54H,4,12,14,16-17,31,36,46H2. The van der Waals surface area contributed by atoms with Crippen LogP contribution in [0.15, 0.2) is 294 Å². The summed E-state index contributed by atoms with van der Waals surface area (Å²) in [6, 6.07) is 92.3. The average molecular weight is 1230 g/mol. The highest BCUT2D eigenvalue weighted by Crippen LogP contribution is 2.55. The van der Waals surface area contributed by atoms with Crippen LogP contribution in [0.25, 0.3) is 142 Å². The zero-order chi connectivity index (χ0) is 62.7. The third-order valence-corrected chi connectivity index (χ3v) is 21.4. The summed E-state index contributed by atoms with van der Waals surface area (Å²) in [4.78, 5) is 4.91. The minimum absolute atomic E-state index is 0.876. The highest BCUT2D eigenvalue weighted by molar-refractivity contribution is 6.37. The first-order chi connectivity index (χ1) is 47.7. The number of aryl methyl sites for hydroxylation is 2. The van der Waals surface area contributed by atoms with Gasteiger partial charge < -0.3 is 27.4 Å². The van der Waals surface area contributed by atoms with E-state index in [9.17, 15) is 0 Å². The summed E-state index contributed by atoms with van der Waals surface area (Å²) < 4.78 is 19.2. The molecule has 0 atom stereocenters. The number of furan rings is 2. The molecule has 0 unspecified atom stereocenters. The maximum atomic E-state index is 7.03. The summed E-state index contributed by atoms with van der Waals surface area (Å²) in [6.45, 7) is 0. The van der Waals surface area contributed by atoms with Crippen LogP contribution in [0, 0.1) is 0 Å². The molecule has 0 bridgehead atoms. The van der Waals surface area contributed by atoms with Crippen molar-refractivity contribution in [3.8, 4) is 22.3 Å². The number of hydrogen-bond acceptors (Lipinski definition) is 4. The molecule has 454 valence electrons. The van der Waals surface area contributed by atoms with Crippen molar-refractivity contribution in [3.05, 3.63) is 307 Å². The fourth-order valence-electron chi connectivity index (χ4n) is 17.3. The molecule has 0 saturated heterocycles. The maximum absolute atomic E-state index is 7.03. The van der Waals surface area contributed by atoms with E-state index in [0.29, 0.717) is 0 Å². The molecule has 0 saturated carbocycles. The summed E-state index contributed by atoms with van der Waals surface area (Å²) >= 11 is 0. The predicted molar refractivity (Wildman–Crippen MR) is 402 cm³/mol. The number of para-hydroxylation sites is 5. The molecule has 3 aliphatic rings. The third-order valence-electron chi connectivity index (χ3n) is 21.4. The fourth-order valence-corrected chi connectivity index (χ4v) is 17.3. The lowest BCUT2D eigenvalue weighted by Gasteiger charge is -2.29. The van der Waals surface area contributed by atoms with Gasteiger partial charge in [0.2, 0.25) is 0 Å². The first kappa shape index (κ1) is 53.6. The molecule has 6 nitrogen and oxygen atoms in total. The van der Waals surface area contributed by atoms with Gasteiger partial charge in [-0.15, -0.1) is 0 Å². The van der Waals surface area contributed by atoms with E-state index in [4.69, 9.17) is 8.83 Å². The molecule has 0 radical (unpaired) electrons. The van der Waals surface area contributed by atoms with Crippen molar-refractivity contribution < 1.29 is 8.83 Å². The first-order valence-electron chi connectivity index (χ1n) is 34.1. The molecule has 18 aromatic rings. The van der Waals surface area contributed by atoms with Gasteiger partial charge in [-0.2, -0.15) is 0 Å².